The van der Waals surface area contributed by atoms with Crippen molar-refractivity contribution in [3.05, 3.63) is 29.6 Å². The Bertz CT molecular complexity index is 577. The lowest BCUT2D eigenvalue weighted by Gasteiger charge is -2.28. The average molecular weight is 321 g/mol. The number of carbonyl (C=O) groups is 2. The summed E-state index contributed by atoms with van der Waals surface area (Å²) < 4.78 is 13.5. The molecule has 1 aromatic carbocycles. The summed E-state index contributed by atoms with van der Waals surface area (Å²) in [5, 5.41) is 2.73. The number of amides is 2. The molecule has 126 valence electrons. The summed E-state index contributed by atoms with van der Waals surface area (Å²) in [6.07, 6.45) is 2.65. The summed E-state index contributed by atoms with van der Waals surface area (Å²) in [4.78, 5) is 27.5. The molecule has 1 heterocycles. The van der Waals surface area contributed by atoms with Crippen LogP contribution in [0.3, 0.4) is 0 Å². The Morgan fingerprint density at radius 1 is 1.39 bits per heavy atom. The molecule has 2 amide bonds. The van der Waals surface area contributed by atoms with Crippen LogP contribution in [0.5, 0.6) is 0 Å². The normalized spacial score (nSPS) is 15.1. The molecule has 0 spiro atoms. The standard InChI is InChI=1S/C17H24FN3O2/c1-13-14(18)6-5-7-15(13)19-16(22)12-20(2)10-11-21-9-4-3-8-17(21)23/h5-7H,3-4,8-12H2,1-2H3,(H,19,22). The number of nitrogens with zero attached hydrogens (tertiary/aromatic N) is 2. The number of carbonyl (C=O) groups excluding carboxylic acids is 2. The molecular formula is C17H24FN3O2. The van der Waals surface area contributed by atoms with Gasteiger partial charge in [-0.05, 0) is 38.9 Å². The second-order valence-corrected chi connectivity index (χ2v) is 6.04. The first-order valence-electron chi connectivity index (χ1n) is 7.98. The molecule has 1 aliphatic rings. The molecule has 1 saturated heterocycles. The summed E-state index contributed by atoms with van der Waals surface area (Å²) >= 11 is 0. The smallest absolute Gasteiger partial charge is 0.238 e. The number of hydrogen-bond donors (Lipinski definition) is 1. The van der Waals surface area contributed by atoms with Gasteiger partial charge in [-0.25, -0.2) is 4.39 Å². The largest absolute Gasteiger partial charge is 0.341 e. The van der Waals surface area contributed by atoms with Crippen LogP contribution < -0.4 is 5.32 Å². The molecule has 0 unspecified atom stereocenters. The average Bonchev–Trinajstić information content (AvgIpc) is 2.51. The van der Waals surface area contributed by atoms with Crippen LogP contribution in [0.1, 0.15) is 24.8 Å². The number of likely N-dealkylation sites (N-methyl/N-ethyl adjacent to an activating group) is 1. The number of likely N-dealkylation sites (tertiary alicyclic amines) is 1. The zero-order valence-electron chi connectivity index (χ0n) is 13.8. The van der Waals surface area contributed by atoms with E-state index in [4.69, 9.17) is 0 Å². The molecule has 1 fully saturated rings. The van der Waals surface area contributed by atoms with Crippen molar-refractivity contribution in [2.75, 3.05) is 38.5 Å². The fourth-order valence-electron chi connectivity index (χ4n) is 2.65. The van der Waals surface area contributed by atoms with E-state index in [0.717, 1.165) is 19.4 Å². The lowest BCUT2D eigenvalue weighted by atomic mass is 10.1. The molecule has 2 rings (SSSR count). The molecule has 0 atom stereocenters. The van der Waals surface area contributed by atoms with Gasteiger partial charge in [-0.2, -0.15) is 0 Å². The summed E-state index contributed by atoms with van der Waals surface area (Å²) in [6, 6.07) is 4.62. The van der Waals surface area contributed by atoms with Gasteiger partial charge in [-0.15, -0.1) is 0 Å². The predicted molar refractivity (Wildman–Crippen MR) is 87.7 cm³/mol. The lowest BCUT2D eigenvalue weighted by Crippen LogP contribution is -2.41. The number of halogens is 1. The van der Waals surface area contributed by atoms with Crippen LogP contribution in [-0.4, -0.2) is 54.8 Å². The molecule has 5 nitrogen and oxygen atoms in total. The molecule has 6 heteroatoms. The van der Waals surface area contributed by atoms with E-state index in [1.54, 1.807) is 19.1 Å². The number of anilines is 1. The molecule has 0 saturated carbocycles. The summed E-state index contributed by atoms with van der Waals surface area (Å²) in [5.41, 5.74) is 0.928. The summed E-state index contributed by atoms with van der Waals surface area (Å²) in [7, 11) is 1.84. The predicted octanol–water partition coefficient (Wildman–Crippen LogP) is 2.02. The maximum Gasteiger partial charge on any atom is 0.238 e. The highest BCUT2D eigenvalue weighted by Crippen LogP contribution is 2.17. The van der Waals surface area contributed by atoms with Gasteiger partial charge in [0, 0.05) is 37.3 Å². The molecule has 0 aliphatic carbocycles. The van der Waals surface area contributed by atoms with E-state index in [1.165, 1.54) is 6.07 Å². The molecule has 0 aromatic heterocycles. The van der Waals surface area contributed by atoms with Gasteiger partial charge in [0.2, 0.25) is 11.8 Å². The van der Waals surface area contributed by atoms with E-state index in [0.29, 0.717) is 30.8 Å². The van der Waals surface area contributed by atoms with Crippen LogP contribution in [0.25, 0.3) is 0 Å². The molecule has 0 bridgehead atoms. The van der Waals surface area contributed by atoms with Crippen LogP contribution in [0.15, 0.2) is 18.2 Å². The zero-order valence-corrected chi connectivity index (χ0v) is 13.8. The fraction of sp³-hybridized carbons (Fsp3) is 0.529. The van der Waals surface area contributed by atoms with Crippen molar-refractivity contribution in [3.63, 3.8) is 0 Å². The van der Waals surface area contributed by atoms with Crippen molar-refractivity contribution in [2.24, 2.45) is 0 Å². The van der Waals surface area contributed by atoms with E-state index in [-0.39, 0.29) is 24.2 Å². The number of rotatable bonds is 6. The maximum absolute atomic E-state index is 13.5. The van der Waals surface area contributed by atoms with Crippen molar-refractivity contribution >= 4 is 17.5 Å². The Balaban J connectivity index is 1.78. The van der Waals surface area contributed by atoms with Gasteiger partial charge in [0.05, 0.1) is 6.54 Å². The van der Waals surface area contributed by atoms with E-state index in [2.05, 4.69) is 5.32 Å². The molecule has 1 aromatic rings. The van der Waals surface area contributed by atoms with Crippen molar-refractivity contribution in [1.29, 1.82) is 0 Å². The van der Waals surface area contributed by atoms with Gasteiger partial charge in [0.25, 0.3) is 0 Å². The van der Waals surface area contributed by atoms with Crippen LogP contribution in [-0.2, 0) is 9.59 Å². The van der Waals surface area contributed by atoms with Gasteiger partial charge in [-0.1, -0.05) is 6.07 Å². The SMILES string of the molecule is Cc1c(F)cccc1NC(=O)CN(C)CCN1CCCCC1=O. The Morgan fingerprint density at radius 2 is 2.17 bits per heavy atom. The number of benzene rings is 1. The third kappa shape index (κ3) is 5.03. The van der Waals surface area contributed by atoms with Crippen molar-refractivity contribution in [3.8, 4) is 0 Å². The van der Waals surface area contributed by atoms with Gasteiger partial charge >= 0.3 is 0 Å². The van der Waals surface area contributed by atoms with Gasteiger partial charge in [0.1, 0.15) is 5.82 Å². The zero-order chi connectivity index (χ0) is 16.8. The Labute approximate surface area is 136 Å². The number of nitrogens with one attached hydrogen (secondary N) is 1. The molecule has 1 N–H and O–H groups in total. The van der Waals surface area contributed by atoms with Gasteiger partial charge in [-0.3, -0.25) is 14.5 Å². The first-order valence-corrected chi connectivity index (χ1v) is 7.98. The number of piperidine rings is 1. The second-order valence-electron chi connectivity index (χ2n) is 6.04. The van der Waals surface area contributed by atoms with Crippen LogP contribution in [0.4, 0.5) is 10.1 Å². The van der Waals surface area contributed by atoms with Crippen LogP contribution >= 0.6 is 0 Å². The van der Waals surface area contributed by atoms with Crippen molar-refractivity contribution in [2.45, 2.75) is 26.2 Å². The quantitative estimate of drug-likeness (QED) is 0.872. The highest BCUT2D eigenvalue weighted by Gasteiger charge is 2.18. The molecular weight excluding hydrogens is 297 g/mol. The Kier molecular flexibility index (Phi) is 6.10. The van der Waals surface area contributed by atoms with Gasteiger partial charge in [0.15, 0.2) is 0 Å². The van der Waals surface area contributed by atoms with E-state index < -0.39 is 0 Å². The summed E-state index contributed by atoms with van der Waals surface area (Å²) in [5.74, 6) is -0.324. The van der Waals surface area contributed by atoms with Gasteiger partial charge < -0.3 is 10.2 Å². The first kappa shape index (κ1) is 17.4. The topological polar surface area (TPSA) is 52.7 Å². The molecule has 0 radical (unpaired) electrons. The molecule has 1 aliphatic heterocycles. The Morgan fingerprint density at radius 3 is 2.91 bits per heavy atom. The van der Waals surface area contributed by atoms with E-state index >= 15 is 0 Å². The maximum atomic E-state index is 13.5. The van der Waals surface area contributed by atoms with E-state index in [1.807, 2.05) is 16.8 Å². The summed E-state index contributed by atoms with van der Waals surface area (Å²) in [6.45, 7) is 3.93. The highest BCUT2D eigenvalue weighted by atomic mass is 19.1. The minimum absolute atomic E-state index is 0.189. The monoisotopic (exact) mass is 321 g/mol. The third-order valence-electron chi connectivity index (χ3n) is 4.13. The minimum Gasteiger partial charge on any atom is -0.341 e. The number of hydrogen-bond acceptors (Lipinski definition) is 3. The Hall–Kier alpha value is -1.95. The second kappa shape index (κ2) is 8.06. The molecule has 23 heavy (non-hydrogen) atoms. The van der Waals surface area contributed by atoms with Crippen molar-refractivity contribution < 1.29 is 14.0 Å². The minimum atomic E-state index is -0.334. The third-order valence-corrected chi connectivity index (χ3v) is 4.13. The van der Waals surface area contributed by atoms with Crippen LogP contribution in [0, 0.1) is 12.7 Å². The lowest BCUT2D eigenvalue weighted by molar-refractivity contribution is -0.133. The van der Waals surface area contributed by atoms with E-state index in [9.17, 15) is 14.0 Å². The fourth-order valence-corrected chi connectivity index (χ4v) is 2.65. The first-order chi connectivity index (χ1) is 11.0. The van der Waals surface area contributed by atoms with Crippen LogP contribution in [0.2, 0.25) is 0 Å². The highest BCUT2D eigenvalue weighted by molar-refractivity contribution is 5.92. The van der Waals surface area contributed by atoms with Crippen molar-refractivity contribution in [1.82, 2.24) is 9.80 Å².